The van der Waals surface area contributed by atoms with E-state index in [-0.39, 0.29) is 5.56 Å². The highest BCUT2D eigenvalue weighted by molar-refractivity contribution is 9.10. The van der Waals surface area contributed by atoms with Crippen molar-refractivity contribution >= 4 is 50.8 Å². The van der Waals surface area contributed by atoms with Crippen LogP contribution in [0.3, 0.4) is 0 Å². The lowest BCUT2D eigenvalue weighted by Crippen LogP contribution is -2.22. The zero-order valence-electron chi connectivity index (χ0n) is 12.0. The first-order chi connectivity index (χ1) is 10.9. The predicted molar refractivity (Wildman–Crippen MR) is 93.3 cm³/mol. The fourth-order valence-electron chi connectivity index (χ4n) is 1.87. The quantitative estimate of drug-likeness (QED) is 0.730. The molecule has 0 aliphatic heterocycles. The molecule has 0 saturated heterocycles. The maximum absolute atomic E-state index is 12.1. The standard InChI is InChI=1S/C15H13BrClN3O3/c1-23-11-6-9(17)5-10(7-11)19-15(22)20-13-4-8(16)2-3-12(13)14(18)21/h2-7H,1H3,(H2,18,21)(H2,19,20,22). The van der Waals surface area contributed by atoms with Crippen molar-refractivity contribution in [2.24, 2.45) is 5.73 Å². The van der Waals surface area contributed by atoms with Gasteiger partial charge < -0.3 is 21.1 Å². The molecule has 23 heavy (non-hydrogen) atoms. The van der Waals surface area contributed by atoms with Gasteiger partial charge in [0, 0.05) is 21.2 Å². The van der Waals surface area contributed by atoms with E-state index in [0.29, 0.717) is 26.6 Å². The highest BCUT2D eigenvalue weighted by atomic mass is 79.9. The van der Waals surface area contributed by atoms with Crippen LogP contribution in [-0.4, -0.2) is 19.0 Å². The zero-order valence-corrected chi connectivity index (χ0v) is 14.4. The number of anilines is 2. The van der Waals surface area contributed by atoms with Crippen LogP contribution in [0.1, 0.15) is 10.4 Å². The van der Waals surface area contributed by atoms with E-state index in [9.17, 15) is 9.59 Å². The van der Waals surface area contributed by atoms with Crippen LogP contribution in [0.25, 0.3) is 0 Å². The van der Waals surface area contributed by atoms with Gasteiger partial charge >= 0.3 is 6.03 Å². The van der Waals surface area contributed by atoms with E-state index in [2.05, 4.69) is 26.6 Å². The Morgan fingerprint density at radius 2 is 1.91 bits per heavy atom. The van der Waals surface area contributed by atoms with E-state index in [0.717, 1.165) is 0 Å². The number of nitrogens with two attached hydrogens (primary N) is 1. The molecule has 120 valence electrons. The SMILES string of the molecule is COc1cc(Cl)cc(NC(=O)Nc2cc(Br)ccc2C(N)=O)c1. The third-order valence-electron chi connectivity index (χ3n) is 2.86. The van der Waals surface area contributed by atoms with Gasteiger partial charge in [-0.3, -0.25) is 4.79 Å². The second-order valence-corrected chi connectivity index (χ2v) is 5.87. The van der Waals surface area contributed by atoms with Crippen molar-refractivity contribution in [1.29, 1.82) is 0 Å². The van der Waals surface area contributed by atoms with Crippen LogP contribution < -0.4 is 21.1 Å². The van der Waals surface area contributed by atoms with E-state index >= 15 is 0 Å². The number of primary amides is 1. The molecule has 0 heterocycles. The number of hydrogen-bond acceptors (Lipinski definition) is 3. The largest absolute Gasteiger partial charge is 0.497 e. The van der Waals surface area contributed by atoms with Crippen LogP contribution in [0.5, 0.6) is 5.75 Å². The Labute approximate surface area is 146 Å². The second-order valence-electron chi connectivity index (χ2n) is 4.51. The average molecular weight is 399 g/mol. The first-order valence-corrected chi connectivity index (χ1v) is 7.58. The topological polar surface area (TPSA) is 93.4 Å². The third kappa shape index (κ3) is 4.61. The molecule has 2 aromatic carbocycles. The van der Waals surface area contributed by atoms with E-state index in [1.807, 2.05) is 0 Å². The lowest BCUT2D eigenvalue weighted by atomic mass is 10.1. The second kappa shape index (κ2) is 7.34. The molecule has 2 aromatic rings. The summed E-state index contributed by atoms with van der Waals surface area (Å²) in [6, 6.07) is 9.01. The summed E-state index contributed by atoms with van der Waals surface area (Å²) in [5, 5.41) is 5.60. The van der Waals surface area contributed by atoms with E-state index < -0.39 is 11.9 Å². The maximum Gasteiger partial charge on any atom is 0.323 e. The smallest absolute Gasteiger partial charge is 0.323 e. The number of hydrogen-bond donors (Lipinski definition) is 3. The Morgan fingerprint density at radius 1 is 1.17 bits per heavy atom. The molecule has 0 aromatic heterocycles. The van der Waals surface area contributed by atoms with E-state index in [4.69, 9.17) is 22.1 Å². The van der Waals surface area contributed by atoms with Gasteiger partial charge in [-0.15, -0.1) is 0 Å². The number of benzene rings is 2. The number of carbonyl (C=O) groups is 2. The lowest BCUT2D eigenvalue weighted by molar-refractivity contribution is 0.100. The monoisotopic (exact) mass is 397 g/mol. The summed E-state index contributed by atoms with van der Waals surface area (Å²) in [5.74, 6) is -0.134. The lowest BCUT2D eigenvalue weighted by Gasteiger charge is -2.12. The van der Waals surface area contributed by atoms with Crippen LogP contribution in [-0.2, 0) is 0 Å². The molecule has 4 N–H and O–H groups in total. The molecule has 0 aliphatic carbocycles. The van der Waals surface area contributed by atoms with Gasteiger partial charge in [0.05, 0.1) is 18.4 Å². The number of halogens is 2. The minimum atomic E-state index is -0.641. The number of rotatable bonds is 4. The van der Waals surface area contributed by atoms with Crippen LogP contribution >= 0.6 is 27.5 Å². The van der Waals surface area contributed by atoms with Crippen molar-refractivity contribution in [3.8, 4) is 5.75 Å². The summed E-state index contributed by atoms with van der Waals surface area (Å²) >= 11 is 9.21. The molecule has 0 radical (unpaired) electrons. The summed E-state index contributed by atoms with van der Waals surface area (Å²) in [5.41, 5.74) is 6.23. The fourth-order valence-corrected chi connectivity index (χ4v) is 2.46. The van der Waals surface area contributed by atoms with Crippen LogP contribution in [0.4, 0.5) is 16.2 Å². The fraction of sp³-hybridized carbons (Fsp3) is 0.0667. The molecule has 6 nitrogen and oxygen atoms in total. The van der Waals surface area contributed by atoms with Gasteiger partial charge in [0.15, 0.2) is 0 Å². The number of nitrogens with one attached hydrogen (secondary N) is 2. The highest BCUT2D eigenvalue weighted by Gasteiger charge is 2.12. The molecule has 3 amide bonds. The van der Waals surface area contributed by atoms with E-state index in [1.54, 1.807) is 30.3 Å². The molecular weight excluding hydrogens is 386 g/mol. The molecule has 0 aliphatic rings. The molecule has 0 unspecified atom stereocenters. The van der Waals surface area contributed by atoms with Gasteiger partial charge in [-0.25, -0.2) is 4.79 Å². The van der Waals surface area contributed by atoms with Gasteiger partial charge in [0.25, 0.3) is 5.91 Å². The Kier molecular flexibility index (Phi) is 5.46. The molecule has 0 atom stereocenters. The van der Waals surface area contributed by atoms with Crippen molar-refractivity contribution in [2.75, 3.05) is 17.7 Å². The summed E-state index contributed by atoms with van der Waals surface area (Å²) in [4.78, 5) is 23.5. The Hall–Kier alpha value is -2.25. The molecule has 0 bridgehead atoms. The van der Waals surface area contributed by atoms with Gasteiger partial charge in [0.1, 0.15) is 5.75 Å². The Balaban J connectivity index is 2.19. The van der Waals surface area contributed by atoms with Crippen molar-refractivity contribution < 1.29 is 14.3 Å². The van der Waals surface area contributed by atoms with Crippen molar-refractivity contribution in [2.45, 2.75) is 0 Å². The first kappa shape index (κ1) is 17.1. The van der Waals surface area contributed by atoms with Gasteiger partial charge in [0.2, 0.25) is 0 Å². The molecule has 0 fully saturated rings. The minimum Gasteiger partial charge on any atom is -0.497 e. The van der Waals surface area contributed by atoms with Crippen molar-refractivity contribution in [3.05, 3.63) is 51.5 Å². The van der Waals surface area contributed by atoms with Gasteiger partial charge in [-0.05, 0) is 30.3 Å². The van der Waals surface area contributed by atoms with Gasteiger partial charge in [-0.1, -0.05) is 27.5 Å². The maximum atomic E-state index is 12.1. The van der Waals surface area contributed by atoms with Crippen LogP contribution in [0.15, 0.2) is 40.9 Å². The third-order valence-corrected chi connectivity index (χ3v) is 3.57. The first-order valence-electron chi connectivity index (χ1n) is 6.41. The number of methoxy groups -OCH3 is 1. The number of urea groups is 1. The molecule has 2 rings (SSSR count). The summed E-state index contributed by atoms with van der Waals surface area (Å²) in [6.45, 7) is 0. The van der Waals surface area contributed by atoms with Crippen molar-refractivity contribution in [3.63, 3.8) is 0 Å². The molecule has 8 heteroatoms. The molecule has 0 saturated carbocycles. The minimum absolute atomic E-state index is 0.201. The number of ether oxygens (including phenoxy) is 1. The van der Waals surface area contributed by atoms with Crippen LogP contribution in [0, 0.1) is 0 Å². The Bertz CT molecular complexity index is 768. The van der Waals surface area contributed by atoms with Crippen LogP contribution in [0.2, 0.25) is 5.02 Å². The Morgan fingerprint density at radius 3 is 2.57 bits per heavy atom. The summed E-state index contributed by atoms with van der Waals surface area (Å²) in [6.07, 6.45) is 0. The highest BCUT2D eigenvalue weighted by Crippen LogP contribution is 2.25. The average Bonchev–Trinajstić information content (AvgIpc) is 2.46. The summed E-state index contributed by atoms with van der Waals surface area (Å²) < 4.78 is 5.77. The number of amides is 3. The van der Waals surface area contributed by atoms with E-state index in [1.165, 1.54) is 13.2 Å². The summed E-state index contributed by atoms with van der Waals surface area (Å²) in [7, 11) is 1.50. The van der Waals surface area contributed by atoms with Gasteiger partial charge in [-0.2, -0.15) is 0 Å². The van der Waals surface area contributed by atoms with Crippen molar-refractivity contribution in [1.82, 2.24) is 0 Å². The normalized spacial score (nSPS) is 10.0. The number of carbonyl (C=O) groups excluding carboxylic acids is 2. The zero-order chi connectivity index (χ0) is 17.0. The molecule has 0 spiro atoms. The molecular formula is C15H13BrClN3O3. The predicted octanol–water partition coefficient (Wildman–Crippen LogP) is 3.85.